The van der Waals surface area contributed by atoms with Crippen molar-refractivity contribution in [2.75, 3.05) is 13.2 Å². The molecule has 114 valence electrons. The van der Waals surface area contributed by atoms with Crippen LogP contribution in [0, 0.1) is 5.82 Å². The van der Waals surface area contributed by atoms with Gasteiger partial charge >= 0.3 is 5.97 Å². The van der Waals surface area contributed by atoms with E-state index < -0.39 is 17.7 Å². The molecule has 1 atom stereocenters. The highest BCUT2D eigenvalue weighted by molar-refractivity contribution is 5.94. The van der Waals surface area contributed by atoms with Crippen LogP contribution >= 0.6 is 0 Å². The Morgan fingerprint density at radius 2 is 2.19 bits per heavy atom. The van der Waals surface area contributed by atoms with Crippen molar-refractivity contribution in [3.05, 3.63) is 41.2 Å². The highest BCUT2D eigenvalue weighted by Crippen LogP contribution is 2.12. The first-order valence-corrected chi connectivity index (χ1v) is 6.54. The van der Waals surface area contributed by atoms with Crippen molar-refractivity contribution < 1.29 is 23.8 Å². The van der Waals surface area contributed by atoms with Gasteiger partial charge in [-0.15, -0.1) is 0 Å². The van der Waals surface area contributed by atoms with E-state index in [1.165, 1.54) is 12.1 Å². The van der Waals surface area contributed by atoms with Crippen LogP contribution in [0.3, 0.4) is 0 Å². The molecule has 0 aliphatic heterocycles. The summed E-state index contributed by atoms with van der Waals surface area (Å²) in [5.41, 5.74) is 0.278. The van der Waals surface area contributed by atoms with Gasteiger partial charge < -0.3 is 15.2 Å². The fraction of sp³-hybridized carbons (Fsp3) is 0.333. The first-order chi connectivity index (χ1) is 9.93. The van der Waals surface area contributed by atoms with Gasteiger partial charge in [0.25, 0.3) is 5.91 Å². The molecule has 0 aromatic heterocycles. The number of rotatable bonds is 7. The topological polar surface area (TPSA) is 75.6 Å². The summed E-state index contributed by atoms with van der Waals surface area (Å²) in [6.07, 6.45) is 1.85. The van der Waals surface area contributed by atoms with Crippen LogP contribution in [0.1, 0.15) is 29.8 Å². The van der Waals surface area contributed by atoms with Gasteiger partial charge in [0.1, 0.15) is 5.82 Å². The van der Waals surface area contributed by atoms with Crippen LogP contribution in [0.25, 0.3) is 6.08 Å². The van der Waals surface area contributed by atoms with Crippen LogP contribution < -0.4 is 5.32 Å². The second-order valence-electron chi connectivity index (χ2n) is 4.38. The number of carbonyl (C=O) groups excluding carboxylic acids is 1. The number of hydrogen-bond donors (Lipinski definition) is 2. The summed E-state index contributed by atoms with van der Waals surface area (Å²) in [5.74, 6) is -2.23. The SMILES string of the molecule is CCOC(C)CNC(=O)c1ccc(/C=C/C(=O)O)c(F)c1. The van der Waals surface area contributed by atoms with E-state index in [4.69, 9.17) is 9.84 Å². The molecule has 0 heterocycles. The van der Waals surface area contributed by atoms with Crippen molar-refractivity contribution >= 4 is 18.0 Å². The lowest BCUT2D eigenvalue weighted by Gasteiger charge is -2.12. The van der Waals surface area contributed by atoms with E-state index in [1.54, 1.807) is 0 Å². The number of nitrogens with one attached hydrogen (secondary N) is 1. The largest absolute Gasteiger partial charge is 0.478 e. The number of carboxylic acids is 1. The van der Waals surface area contributed by atoms with Gasteiger partial charge in [0, 0.05) is 30.4 Å². The summed E-state index contributed by atoms with van der Waals surface area (Å²) in [4.78, 5) is 22.2. The number of benzene rings is 1. The molecule has 0 saturated heterocycles. The monoisotopic (exact) mass is 295 g/mol. The van der Waals surface area contributed by atoms with Crippen molar-refractivity contribution in [3.8, 4) is 0 Å². The first kappa shape index (κ1) is 16.8. The Morgan fingerprint density at radius 1 is 1.48 bits per heavy atom. The lowest BCUT2D eigenvalue weighted by molar-refractivity contribution is -0.131. The molecule has 6 heteroatoms. The van der Waals surface area contributed by atoms with Gasteiger partial charge in [0.05, 0.1) is 6.10 Å². The number of halogens is 1. The third-order valence-electron chi connectivity index (χ3n) is 2.67. The molecule has 5 nitrogen and oxygen atoms in total. The molecule has 1 unspecified atom stereocenters. The summed E-state index contributed by atoms with van der Waals surface area (Å²) in [6, 6.07) is 3.86. The van der Waals surface area contributed by atoms with Crippen LogP contribution in [-0.2, 0) is 9.53 Å². The van der Waals surface area contributed by atoms with Gasteiger partial charge in [-0.2, -0.15) is 0 Å². The Morgan fingerprint density at radius 3 is 2.76 bits per heavy atom. The van der Waals surface area contributed by atoms with Crippen molar-refractivity contribution in [1.29, 1.82) is 0 Å². The third kappa shape index (κ3) is 5.74. The molecule has 1 aromatic rings. The molecule has 1 rings (SSSR count). The minimum atomic E-state index is -1.17. The predicted molar refractivity (Wildman–Crippen MR) is 76.5 cm³/mol. The maximum absolute atomic E-state index is 13.7. The van der Waals surface area contributed by atoms with Gasteiger partial charge in [-0.1, -0.05) is 6.07 Å². The minimum absolute atomic E-state index is 0.108. The molecule has 21 heavy (non-hydrogen) atoms. The molecule has 2 N–H and O–H groups in total. The molecule has 0 saturated carbocycles. The fourth-order valence-electron chi connectivity index (χ4n) is 1.65. The average molecular weight is 295 g/mol. The molecule has 0 fully saturated rings. The molecule has 0 bridgehead atoms. The Hall–Kier alpha value is -2.21. The van der Waals surface area contributed by atoms with Gasteiger partial charge in [0.2, 0.25) is 0 Å². The normalized spacial score (nSPS) is 12.3. The fourth-order valence-corrected chi connectivity index (χ4v) is 1.65. The molecule has 0 aliphatic rings. The Labute approximate surface area is 122 Å². The summed E-state index contributed by atoms with van der Waals surface area (Å²) < 4.78 is 19.0. The van der Waals surface area contributed by atoms with E-state index in [9.17, 15) is 14.0 Å². The highest BCUT2D eigenvalue weighted by Gasteiger charge is 2.10. The van der Waals surface area contributed by atoms with Crippen LogP contribution in [0.4, 0.5) is 4.39 Å². The van der Waals surface area contributed by atoms with E-state index in [2.05, 4.69) is 5.32 Å². The maximum atomic E-state index is 13.7. The van der Waals surface area contributed by atoms with Crippen molar-refractivity contribution in [1.82, 2.24) is 5.32 Å². The van der Waals surface area contributed by atoms with Crippen LogP contribution in [0.5, 0.6) is 0 Å². The lowest BCUT2D eigenvalue weighted by Crippen LogP contribution is -2.32. The molecule has 1 amide bonds. The smallest absolute Gasteiger partial charge is 0.328 e. The Balaban J connectivity index is 2.70. The van der Waals surface area contributed by atoms with Crippen molar-refractivity contribution in [2.45, 2.75) is 20.0 Å². The minimum Gasteiger partial charge on any atom is -0.478 e. The summed E-state index contributed by atoms with van der Waals surface area (Å²) in [7, 11) is 0. The van der Waals surface area contributed by atoms with Gasteiger partial charge in [0.15, 0.2) is 0 Å². The lowest BCUT2D eigenvalue weighted by atomic mass is 10.1. The molecular weight excluding hydrogens is 277 g/mol. The van der Waals surface area contributed by atoms with Crippen molar-refractivity contribution in [3.63, 3.8) is 0 Å². The number of carbonyl (C=O) groups is 2. The summed E-state index contributed by atoms with van der Waals surface area (Å²) in [6.45, 7) is 4.56. The number of aliphatic carboxylic acids is 1. The molecule has 0 spiro atoms. The Kier molecular flexibility index (Phi) is 6.55. The van der Waals surface area contributed by atoms with Crippen LogP contribution in [0.15, 0.2) is 24.3 Å². The zero-order valence-corrected chi connectivity index (χ0v) is 11.9. The predicted octanol–water partition coefficient (Wildman–Crippen LogP) is 2.08. The van der Waals surface area contributed by atoms with Crippen LogP contribution in [-0.4, -0.2) is 36.2 Å². The average Bonchev–Trinajstić information content (AvgIpc) is 2.43. The van der Waals surface area contributed by atoms with E-state index in [0.717, 1.165) is 18.2 Å². The second-order valence-corrected chi connectivity index (χ2v) is 4.38. The van der Waals surface area contributed by atoms with E-state index in [1.807, 2.05) is 13.8 Å². The standard InChI is InChI=1S/C15H18FNO4/c1-3-21-10(2)9-17-15(20)12-5-4-11(13(16)8-12)6-7-14(18)19/h4-8,10H,3,9H2,1-2H3,(H,17,20)(H,18,19)/b7-6+. The van der Waals surface area contributed by atoms with Crippen molar-refractivity contribution in [2.24, 2.45) is 0 Å². The van der Waals surface area contributed by atoms with Gasteiger partial charge in [-0.3, -0.25) is 4.79 Å². The maximum Gasteiger partial charge on any atom is 0.328 e. The zero-order chi connectivity index (χ0) is 15.8. The molecular formula is C15H18FNO4. The first-order valence-electron chi connectivity index (χ1n) is 6.54. The summed E-state index contributed by atoms with van der Waals surface area (Å²) in [5, 5.41) is 11.1. The zero-order valence-electron chi connectivity index (χ0n) is 11.9. The number of carboxylic acid groups (broad SMARTS) is 1. The molecule has 0 aliphatic carbocycles. The van der Waals surface area contributed by atoms with Gasteiger partial charge in [-0.05, 0) is 32.1 Å². The molecule has 0 radical (unpaired) electrons. The number of hydrogen-bond acceptors (Lipinski definition) is 3. The van der Waals surface area contributed by atoms with E-state index in [-0.39, 0.29) is 17.2 Å². The number of amides is 1. The third-order valence-corrected chi connectivity index (χ3v) is 2.67. The quantitative estimate of drug-likeness (QED) is 0.755. The summed E-state index contributed by atoms with van der Waals surface area (Å²) >= 11 is 0. The molecule has 1 aromatic carbocycles. The number of ether oxygens (including phenoxy) is 1. The van der Waals surface area contributed by atoms with E-state index >= 15 is 0 Å². The van der Waals surface area contributed by atoms with Crippen LogP contribution in [0.2, 0.25) is 0 Å². The Bertz CT molecular complexity index is 542. The van der Waals surface area contributed by atoms with E-state index in [0.29, 0.717) is 13.2 Å². The van der Waals surface area contributed by atoms with Gasteiger partial charge in [-0.25, -0.2) is 9.18 Å². The second kappa shape index (κ2) is 8.16. The highest BCUT2D eigenvalue weighted by atomic mass is 19.1.